The summed E-state index contributed by atoms with van der Waals surface area (Å²) in [5.41, 5.74) is 2.91. The van der Waals surface area contributed by atoms with Crippen LogP contribution in [0.4, 0.5) is 0 Å². The first kappa shape index (κ1) is 16.3. The molecule has 0 radical (unpaired) electrons. The lowest BCUT2D eigenvalue weighted by Gasteiger charge is -2.05. The molecular formula is C20H18S4. The van der Waals surface area contributed by atoms with Crippen LogP contribution >= 0.6 is 45.3 Å². The summed E-state index contributed by atoms with van der Waals surface area (Å²) in [6.45, 7) is 4.52. The van der Waals surface area contributed by atoms with Gasteiger partial charge in [-0.05, 0) is 47.9 Å². The van der Waals surface area contributed by atoms with E-state index in [1.165, 1.54) is 40.4 Å². The Bertz CT molecular complexity index is 921. The molecule has 4 heterocycles. The number of rotatable bonds is 5. The molecule has 4 rings (SSSR count). The van der Waals surface area contributed by atoms with Crippen LogP contribution < -0.4 is 0 Å². The molecule has 4 aromatic rings. The van der Waals surface area contributed by atoms with Gasteiger partial charge in [-0.2, -0.15) is 0 Å². The lowest BCUT2D eigenvalue weighted by molar-refractivity contribution is 1.19. The van der Waals surface area contributed by atoms with Crippen molar-refractivity contribution < 1.29 is 0 Å². The monoisotopic (exact) mass is 386 g/mol. The van der Waals surface area contributed by atoms with Gasteiger partial charge in [0.15, 0.2) is 0 Å². The average molecular weight is 387 g/mol. The molecule has 4 heteroatoms. The maximum absolute atomic E-state index is 2.32. The van der Waals surface area contributed by atoms with Gasteiger partial charge in [0.1, 0.15) is 0 Å². The number of thiophene rings is 4. The SMILES string of the molecule is CCc1ccc(-c2c(CC)sc(-c3cccs3)c2-c2cccs2)s1. The molecule has 0 saturated heterocycles. The largest absolute Gasteiger partial charge is 0.144 e. The highest BCUT2D eigenvalue weighted by Gasteiger charge is 2.23. The van der Waals surface area contributed by atoms with Crippen molar-refractivity contribution in [2.45, 2.75) is 26.7 Å². The van der Waals surface area contributed by atoms with Crippen LogP contribution in [-0.2, 0) is 12.8 Å². The Labute approximate surface area is 159 Å². The molecule has 4 aromatic heterocycles. The van der Waals surface area contributed by atoms with Gasteiger partial charge < -0.3 is 0 Å². The highest BCUT2D eigenvalue weighted by molar-refractivity contribution is 7.23. The maximum Gasteiger partial charge on any atom is 0.0538 e. The molecule has 122 valence electrons. The molecule has 0 nitrogen and oxygen atoms in total. The number of hydrogen-bond donors (Lipinski definition) is 0. The minimum Gasteiger partial charge on any atom is -0.144 e. The second kappa shape index (κ2) is 6.96. The zero-order valence-corrected chi connectivity index (χ0v) is 16.9. The first-order valence-corrected chi connectivity index (χ1v) is 11.5. The Hall–Kier alpha value is -1.20. The Kier molecular flexibility index (Phi) is 4.72. The van der Waals surface area contributed by atoms with Crippen LogP contribution in [0.2, 0.25) is 0 Å². The lowest BCUT2D eigenvalue weighted by atomic mass is 10.0. The quantitative estimate of drug-likeness (QED) is 0.325. The van der Waals surface area contributed by atoms with E-state index >= 15 is 0 Å². The average Bonchev–Trinajstić information content (AvgIpc) is 3.40. The molecule has 0 N–H and O–H groups in total. The summed E-state index contributed by atoms with van der Waals surface area (Å²) >= 11 is 7.62. The molecule has 0 atom stereocenters. The van der Waals surface area contributed by atoms with E-state index in [-0.39, 0.29) is 0 Å². The predicted molar refractivity (Wildman–Crippen MR) is 113 cm³/mol. The van der Waals surface area contributed by atoms with E-state index in [0.717, 1.165) is 12.8 Å². The summed E-state index contributed by atoms with van der Waals surface area (Å²) < 4.78 is 0. The molecule has 0 aromatic carbocycles. The molecule has 0 saturated carbocycles. The van der Waals surface area contributed by atoms with E-state index in [1.54, 1.807) is 0 Å². The van der Waals surface area contributed by atoms with Crippen LogP contribution in [0, 0.1) is 0 Å². The van der Waals surface area contributed by atoms with Crippen molar-refractivity contribution in [3.05, 3.63) is 56.9 Å². The Morgan fingerprint density at radius 1 is 0.708 bits per heavy atom. The second-order valence-corrected chi connectivity index (χ2v) is 9.70. The van der Waals surface area contributed by atoms with Crippen molar-refractivity contribution in [2.75, 3.05) is 0 Å². The molecular weight excluding hydrogens is 368 g/mol. The fourth-order valence-electron chi connectivity index (χ4n) is 2.93. The van der Waals surface area contributed by atoms with Gasteiger partial charge in [0.2, 0.25) is 0 Å². The number of hydrogen-bond acceptors (Lipinski definition) is 4. The second-order valence-electron chi connectivity index (χ2n) is 5.53. The Morgan fingerprint density at radius 2 is 1.46 bits per heavy atom. The normalized spacial score (nSPS) is 11.2. The Morgan fingerprint density at radius 3 is 2.04 bits per heavy atom. The van der Waals surface area contributed by atoms with E-state index in [2.05, 4.69) is 61.0 Å². The van der Waals surface area contributed by atoms with Crippen molar-refractivity contribution in [1.82, 2.24) is 0 Å². The van der Waals surface area contributed by atoms with Gasteiger partial charge in [-0.15, -0.1) is 45.3 Å². The predicted octanol–water partition coefficient (Wildman–Crippen LogP) is 8.06. The summed E-state index contributed by atoms with van der Waals surface area (Å²) in [6.07, 6.45) is 2.20. The van der Waals surface area contributed by atoms with Crippen LogP contribution in [0.5, 0.6) is 0 Å². The minimum atomic E-state index is 1.09. The van der Waals surface area contributed by atoms with Gasteiger partial charge in [0, 0.05) is 35.5 Å². The van der Waals surface area contributed by atoms with Gasteiger partial charge in [-0.25, -0.2) is 0 Å². The fraction of sp³-hybridized carbons (Fsp3) is 0.200. The fourth-order valence-corrected chi connectivity index (χ4v) is 6.99. The van der Waals surface area contributed by atoms with Gasteiger partial charge >= 0.3 is 0 Å². The molecule has 0 fully saturated rings. The third-order valence-corrected chi connectivity index (χ3v) is 8.59. The maximum atomic E-state index is 2.32. The molecule has 0 aliphatic rings. The van der Waals surface area contributed by atoms with Crippen LogP contribution in [-0.4, -0.2) is 0 Å². The van der Waals surface area contributed by atoms with E-state index in [1.807, 2.05) is 45.3 Å². The molecule has 0 amide bonds. The first-order chi connectivity index (χ1) is 11.8. The van der Waals surface area contributed by atoms with Gasteiger partial charge in [-0.1, -0.05) is 26.0 Å². The Balaban J connectivity index is 2.00. The van der Waals surface area contributed by atoms with E-state index in [9.17, 15) is 0 Å². The van der Waals surface area contributed by atoms with E-state index in [0.29, 0.717) is 0 Å². The van der Waals surface area contributed by atoms with Crippen LogP contribution in [0.25, 0.3) is 30.6 Å². The van der Waals surface area contributed by atoms with Crippen molar-refractivity contribution in [3.8, 4) is 30.6 Å². The smallest absolute Gasteiger partial charge is 0.0538 e. The third-order valence-electron chi connectivity index (χ3n) is 4.07. The number of aryl methyl sites for hydroxylation is 2. The molecule has 0 aliphatic carbocycles. The van der Waals surface area contributed by atoms with Gasteiger partial charge in [-0.3, -0.25) is 0 Å². The summed E-state index contributed by atoms with van der Waals surface area (Å²) in [5, 5.41) is 4.37. The summed E-state index contributed by atoms with van der Waals surface area (Å²) in [6, 6.07) is 13.4. The summed E-state index contributed by atoms with van der Waals surface area (Å²) in [4.78, 5) is 8.60. The topological polar surface area (TPSA) is 0 Å². The standard InChI is InChI=1S/C20H18S4/c1-3-13-9-10-16(23-13)18-14(4-2)24-20(17-8-6-12-22-17)19(18)15-7-5-11-21-15/h5-12H,3-4H2,1-2H3. The molecule has 0 spiro atoms. The van der Waals surface area contributed by atoms with Crippen LogP contribution in [0.3, 0.4) is 0 Å². The van der Waals surface area contributed by atoms with E-state index < -0.39 is 0 Å². The zero-order valence-electron chi connectivity index (χ0n) is 13.7. The van der Waals surface area contributed by atoms with Crippen molar-refractivity contribution in [2.24, 2.45) is 0 Å². The highest BCUT2D eigenvalue weighted by Crippen LogP contribution is 2.51. The van der Waals surface area contributed by atoms with Crippen LogP contribution in [0.1, 0.15) is 23.6 Å². The summed E-state index contributed by atoms with van der Waals surface area (Å²) in [5.74, 6) is 0. The molecule has 0 aliphatic heterocycles. The van der Waals surface area contributed by atoms with Crippen LogP contribution in [0.15, 0.2) is 47.2 Å². The molecule has 0 unspecified atom stereocenters. The zero-order chi connectivity index (χ0) is 16.5. The van der Waals surface area contributed by atoms with E-state index in [4.69, 9.17) is 0 Å². The summed E-state index contributed by atoms with van der Waals surface area (Å²) in [7, 11) is 0. The lowest BCUT2D eigenvalue weighted by Crippen LogP contribution is -1.81. The molecule has 0 bridgehead atoms. The van der Waals surface area contributed by atoms with Crippen molar-refractivity contribution in [1.29, 1.82) is 0 Å². The van der Waals surface area contributed by atoms with Crippen molar-refractivity contribution in [3.63, 3.8) is 0 Å². The van der Waals surface area contributed by atoms with Gasteiger partial charge in [0.25, 0.3) is 0 Å². The molecule has 24 heavy (non-hydrogen) atoms. The van der Waals surface area contributed by atoms with Gasteiger partial charge in [0.05, 0.1) is 4.88 Å². The first-order valence-electron chi connectivity index (χ1n) is 8.14. The minimum absolute atomic E-state index is 1.09. The highest BCUT2D eigenvalue weighted by atomic mass is 32.1. The van der Waals surface area contributed by atoms with Crippen molar-refractivity contribution >= 4 is 45.3 Å². The third kappa shape index (κ3) is 2.82.